The van der Waals surface area contributed by atoms with Gasteiger partial charge in [-0.2, -0.15) is 0 Å². The maximum atomic E-state index is 5.99. The average Bonchev–Trinajstić information content (AvgIpc) is 2.88. The van der Waals surface area contributed by atoms with E-state index in [1.54, 1.807) is 0 Å². The Hall–Kier alpha value is -1.52. The van der Waals surface area contributed by atoms with E-state index in [0.29, 0.717) is 11.9 Å². The fourth-order valence-electron chi connectivity index (χ4n) is 2.43. The van der Waals surface area contributed by atoms with Crippen LogP contribution in [0.15, 0.2) is 17.5 Å². The predicted octanol–water partition coefficient (Wildman–Crippen LogP) is 1.62. The van der Waals surface area contributed by atoms with Gasteiger partial charge in [-0.25, -0.2) is 4.98 Å². The Morgan fingerprint density at radius 1 is 1.50 bits per heavy atom. The maximum absolute atomic E-state index is 5.99. The largest absolute Gasteiger partial charge is 0.370 e. The van der Waals surface area contributed by atoms with E-state index in [1.165, 1.54) is 5.69 Å². The lowest BCUT2D eigenvalue weighted by atomic mass is 10.1. The zero-order chi connectivity index (χ0) is 13.1. The highest BCUT2D eigenvalue weighted by Crippen LogP contribution is 2.26. The normalized spacial score (nSPS) is 19.7. The van der Waals surface area contributed by atoms with E-state index in [1.807, 2.05) is 12.5 Å². The van der Waals surface area contributed by atoms with Crippen LogP contribution in [0.2, 0.25) is 0 Å². The van der Waals surface area contributed by atoms with Gasteiger partial charge in [0.15, 0.2) is 5.96 Å². The van der Waals surface area contributed by atoms with Crippen LogP contribution in [0.3, 0.4) is 0 Å². The number of nitrogens with two attached hydrogens (primary N) is 1. The standard InChI is InChI=1S/C13H23N5/c1-4-5-17-9-15-6-11(17)12-7-16-13(14)18(12)8-10(2)3/h6,9-10,12H,4-5,7-8H2,1-3H3,(H2,14,16). The molecule has 0 amide bonds. The minimum atomic E-state index is 0.251. The number of aryl methyl sites for hydroxylation is 1. The molecule has 2 N–H and O–H groups in total. The molecule has 2 heterocycles. The summed E-state index contributed by atoms with van der Waals surface area (Å²) in [6.07, 6.45) is 4.96. The molecule has 5 nitrogen and oxygen atoms in total. The number of imidazole rings is 1. The third-order valence-electron chi connectivity index (χ3n) is 3.21. The zero-order valence-electron chi connectivity index (χ0n) is 11.5. The number of rotatable bonds is 5. The maximum Gasteiger partial charge on any atom is 0.191 e. The molecular weight excluding hydrogens is 226 g/mol. The molecule has 0 radical (unpaired) electrons. The number of hydrogen-bond acceptors (Lipinski definition) is 4. The first-order valence-corrected chi connectivity index (χ1v) is 6.70. The quantitative estimate of drug-likeness (QED) is 0.862. The first-order chi connectivity index (χ1) is 8.63. The topological polar surface area (TPSA) is 59.4 Å². The highest BCUT2D eigenvalue weighted by molar-refractivity contribution is 5.80. The van der Waals surface area contributed by atoms with Gasteiger partial charge in [-0.3, -0.25) is 4.99 Å². The Balaban J connectivity index is 2.19. The molecule has 0 saturated carbocycles. The second-order valence-electron chi connectivity index (χ2n) is 5.27. The second kappa shape index (κ2) is 5.42. The Kier molecular flexibility index (Phi) is 3.89. The first-order valence-electron chi connectivity index (χ1n) is 6.70. The van der Waals surface area contributed by atoms with E-state index in [9.17, 15) is 0 Å². The molecule has 2 rings (SSSR count). The lowest BCUT2D eigenvalue weighted by Gasteiger charge is -2.28. The van der Waals surface area contributed by atoms with Crippen LogP contribution < -0.4 is 5.73 Å². The minimum Gasteiger partial charge on any atom is -0.370 e. The summed E-state index contributed by atoms with van der Waals surface area (Å²) >= 11 is 0. The van der Waals surface area contributed by atoms with Crippen LogP contribution in [0.4, 0.5) is 0 Å². The van der Waals surface area contributed by atoms with Gasteiger partial charge in [0, 0.05) is 13.1 Å². The van der Waals surface area contributed by atoms with Crippen molar-refractivity contribution < 1.29 is 0 Å². The van der Waals surface area contributed by atoms with E-state index in [0.717, 1.165) is 26.1 Å². The van der Waals surface area contributed by atoms with Gasteiger partial charge >= 0.3 is 0 Å². The van der Waals surface area contributed by atoms with E-state index in [2.05, 4.69) is 40.2 Å². The van der Waals surface area contributed by atoms with Crippen molar-refractivity contribution in [1.29, 1.82) is 0 Å². The van der Waals surface area contributed by atoms with Gasteiger partial charge in [-0.15, -0.1) is 0 Å². The summed E-state index contributed by atoms with van der Waals surface area (Å²) in [5.41, 5.74) is 7.22. The Morgan fingerprint density at radius 3 is 2.94 bits per heavy atom. The number of hydrogen-bond donors (Lipinski definition) is 1. The summed E-state index contributed by atoms with van der Waals surface area (Å²) in [4.78, 5) is 10.9. The summed E-state index contributed by atoms with van der Waals surface area (Å²) in [5.74, 6) is 1.24. The molecule has 0 bridgehead atoms. The summed E-state index contributed by atoms with van der Waals surface area (Å²) in [6.45, 7) is 9.26. The molecule has 0 fully saturated rings. The van der Waals surface area contributed by atoms with Crippen LogP contribution in [0.5, 0.6) is 0 Å². The number of aromatic nitrogens is 2. The Bertz CT molecular complexity index is 421. The molecular formula is C13H23N5. The van der Waals surface area contributed by atoms with E-state index < -0.39 is 0 Å². The van der Waals surface area contributed by atoms with Crippen LogP contribution in [0, 0.1) is 5.92 Å². The van der Waals surface area contributed by atoms with Crippen LogP contribution >= 0.6 is 0 Å². The Morgan fingerprint density at radius 2 is 2.28 bits per heavy atom. The third-order valence-corrected chi connectivity index (χ3v) is 3.21. The molecule has 1 aliphatic rings. The van der Waals surface area contributed by atoms with Gasteiger partial charge in [0.1, 0.15) is 0 Å². The van der Waals surface area contributed by atoms with Crippen LogP contribution in [-0.4, -0.2) is 33.5 Å². The fourth-order valence-corrected chi connectivity index (χ4v) is 2.43. The van der Waals surface area contributed by atoms with E-state index in [4.69, 9.17) is 5.73 Å². The monoisotopic (exact) mass is 249 g/mol. The van der Waals surface area contributed by atoms with Gasteiger partial charge in [-0.05, 0) is 12.3 Å². The molecule has 18 heavy (non-hydrogen) atoms. The molecule has 1 aromatic rings. The van der Waals surface area contributed by atoms with Crippen molar-refractivity contribution in [1.82, 2.24) is 14.5 Å². The highest BCUT2D eigenvalue weighted by Gasteiger charge is 2.29. The van der Waals surface area contributed by atoms with Crippen molar-refractivity contribution in [2.75, 3.05) is 13.1 Å². The molecule has 100 valence electrons. The summed E-state index contributed by atoms with van der Waals surface area (Å²) < 4.78 is 2.21. The smallest absolute Gasteiger partial charge is 0.191 e. The lowest BCUT2D eigenvalue weighted by molar-refractivity contribution is 0.298. The van der Waals surface area contributed by atoms with Gasteiger partial charge in [0.25, 0.3) is 0 Å². The van der Waals surface area contributed by atoms with Gasteiger partial charge in [-0.1, -0.05) is 20.8 Å². The molecule has 1 aromatic heterocycles. The molecule has 5 heteroatoms. The van der Waals surface area contributed by atoms with Gasteiger partial charge < -0.3 is 15.2 Å². The van der Waals surface area contributed by atoms with Crippen molar-refractivity contribution in [2.24, 2.45) is 16.6 Å². The summed E-state index contributed by atoms with van der Waals surface area (Å²) in [7, 11) is 0. The lowest BCUT2D eigenvalue weighted by Crippen LogP contribution is -2.39. The SMILES string of the molecule is CCCn1cncc1C1CN=C(N)N1CC(C)C. The molecule has 0 aromatic carbocycles. The Labute approximate surface area is 109 Å². The second-order valence-corrected chi connectivity index (χ2v) is 5.27. The van der Waals surface area contributed by atoms with Gasteiger partial charge in [0.2, 0.25) is 0 Å². The summed E-state index contributed by atoms with van der Waals surface area (Å²) in [5, 5.41) is 0. The molecule has 0 aliphatic carbocycles. The van der Waals surface area contributed by atoms with Crippen LogP contribution in [0.25, 0.3) is 0 Å². The van der Waals surface area contributed by atoms with Crippen LogP contribution in [-0.2, 0) is 6.54 Å². The van der Waals surface area contributed by atoms with Gasteiger partial charge in [0.05, 0.1) is 30.8 Å². The van der Waals surface area contributed by atoms with Crippen LogP contribution in [0.1, 0.15) is 38.9 Å². The minimum absolute atomic E-state index is 0.251. The number of guanidine groups is 1. The summed E-state index contributed by atoms with van der Waals surface area (Å²) in [6, 6.07) is 0.251. The zero-order valence-corrected chi connectivity index (χ0v) is 11.5. The third kappa shape index (κ3) is 2.49. The molecule has 1 unspecified atom stereocenters. The number of nitrogens with zero attached hydrogens (tertiary/aromatic N) is 4. The average molecular weight is 249 g/mol. The molecule has 0 saturated heterocycles. The van der Waals surface area contributed by atoms with E-state index in [-0.39, 0.29) is 6.04 Å². The van der Waals surface area contributed by atoms with Crippen molar-refractivity contribution in [3.8, 4) is 0 Å². The predicted molar refractivity (Wildman–Crippen MR) is 73.3 cm³/mol. The van der Waals surface area contributed by atoms with Crippen molar-refractivity contribution >= 4 is 5.96 Å². The molecule has 0 spiro atoms. The highest BCUT2D eigenvalue weighted by atomic mass is 15.3. The van der Waals surface area contributed by atoms with Crippen molar-refractivity contribution in [3.05, 3.63) is 18.2 Å². The van der Waals surface area contributed by atoms with Crippen molar-refractivity contribution in [2.45, 2.75) is 39.8 Å². The van der Waals surface area contributed by atoms with Crippen molar-refractivity contribution in [3.63, 3.8) is 0 Å². The fraction of sp³-hybridized carbons (Fsp3) is 0.692. The van der Waals surface area contributed by atoms with E-state index >= 15 is 0 Å². The molecule has 1 aliphatic heterocycles. The number of aliphatic imine (C=N–C) groups is 1. The molecule has 1 atom stereocenters. The first kappa shape index (κ1) is 12.9.